The Morgan fingerprint density at radius 2 is 2.00 bits per heavy atom. The maximum absolute atomic E-state index is 12.3. The van der Waals surface area contributed by atoms with Gasteiger partial charge < -0.3 is 9.47 Å². The summed E-state index contributed by atoms with van der Waals surface area (Å²) in [5.41, 5.74) is 4.30. The molecule has 0 spiro atoms. The molecule has 1 atom stereocenters. The van der Waals surface area contributed by atoms with Crippen LogP contribution < -0.4 is 4.74 Å². The first kappa shape index (κ1) is 16.7. The summed E-state index contributed by atoms with van der Waals surface area (Å²) in [4.78, 5) is 12.3. The van der Waals surface area contributed by atoms with Crippen LogP contribution in [-0.4, -0.2) is 39.8 Å². The fraction of sp³-hybridized carbons (Fsp3) is 0.368. The maximum atomic E-state index is 12.3. The molecule has 0 bridgehead atoms. The van der Waals surface area contributed by atoms with Crippen molar-refractivity contribution in [2.45, 2.75) is 26.4 Å². The third kappa shape index (κ3) is 2.55. The highest BCUT2D eigenvalue weighted by molar-refractivity contribution is 5.96. The van der Waals surface area contributed by atoms with Crippen molar-refractivity contribution < 1.29 is 14.3 Å². The highest BCUT2D eigenvalue weighted by atomic mass is 16.5. The molecule has 0 aliphatic heterocycles. The van der Waals surface area contributed by atoms with Crippen LogP contribution in [-0.2, 0) is 17.8 Å². The van der Waals surface area contributed by atoms with Crippen molar-refractivity contribution in [3.8, 4) is 16.9 Å². The van der Waals surface area contributed by atoms with Gasteiger partial charge in [0.05, 0.1) is 30.7 Å². The number of Topliss-reactive ketones (excluding diaryl/α,β-unsaturated/α-hetero) is 1. The Morgan fingerprint density at radius 1 is 1.19 bits per heavy atom. The number of para-hydroxylation sites is 1. The van der Waals surface area contributed by atoms with E-state index in [0.717, 1.165) is 34.7 Å². The zero-order chi connectivity index (χ0) is 18.3. The molecule has 134 valence electrons. The van der Waals surface area contributed by atoms with E-state index >= 15 is 0 Å². The zero-order valence-electron chi connectivity index (χ0n) is 15.0. The van der Waals surface area contributed by atoms with Crippen LogP contribution in [0.2, 0.25) is 0 Å². The molecule has 0 unspecified atom stereocenters. The minimum absolute atomic E-state index is 0.0239. The minimum atomic E-state index is 0.0239. The van der Waals surface area contributed by atoms with Crippen molar-refractivity contribution in [2.24, 2.45) is 5.92 Å². The lowest BCUT2D eigenvalue weighted by Crippen LogP contribution is -2.23. The Bertz CT molecular complexity index is 996. The number of nitrogens with zero attached hydrogens (tertiary/aromatic N) is 4. The third-order valence-corrected chi connectivity index (χ3v) is 4.70. The molecule has 0 amide bonds. The normalized spacial score (nSPS) is 16.7. The monoisotopic (exact) mass is 352 g/mol. The lowest BCUT2D eigenvalue weighted by atomic mass is 9.90. The summed E-state index contributed by atoms with van der Waals surface area (Å²) < 4.78 is 12.6. The molecule has 0 saturated heterocycles. The molecule has 0 saturated carbocycles. The number of carbonyl (C=O) groups excluding carboxylic acids is 1. The highest BCUT2D eigenvalue weighted by Crippen LogP contribution is 2.36. The van der Waals surface area contributed by atoms with E-state index in [-0.39, 0.29) is 11.7 Å². The van der Waals surface area contributed by atoms with Crippen molar-refractivity contribution in [3.05, 3.63) is 41.3 Å². The number of ether oxygens (including phenoxy) is 2. The number of aromatic nitrogens is 4. The molecule has 4 rings (SSSR count). The quantitative estimate of drug-likeness (QED) is 0.718. The summed E-state index contributed by atoms with van der Waals surface area (Å²) in [5.74, 6) is 1.01. The molecule has 2 aromatic heterocycles. The van der Waals surface area contributed by atoms with Crippen LogP contribution >= 0.6 is 0 Å². The number of methoxy groups -OCH3 is 2. The van der Waals surface area contributed by atoms with Crippen LogP contribution in [0, 0.1) is 5.92 Å². The Hall–Kier alpha value is -2.80. The molecule has 3 aromatic rings. The van der Waals surface area contributed by atoms with E-state index in [1.54, 1.807) is 18.7 Å². The van der Waals surface area contributed by atoms with Gasteiger partial charge in [0.25, 0.3) is 0 Å². The molecule has 0 fully saturated rings. The van der Waals surface area contributed by atoms with Crippen molar-refractivity contribution in [1.82, 2.24) is 19.8 Å². The van der Waals surface area contributed by atoms with Gasteiger partial charge in [0.2, 0.25) is 0 Å². The summed E-state index contributed by atoms with van der Waals surface area (Å²) in [7, 11) is 3.26. The van der Waals surface area contributed by atoms with Crippen molar-refractivity contribution in [3.63, 3.8) is 0 Å². The zero-order valence-corrected chi connectivity index (χ0v) is 15.0. The first-order chi connectivity index (χ1) is 12.6. The summed E-state index contributed by atoms with van der Waals surface area (Å²) in [6.07, 6.45) is 1.24. The molecule has 0 radical (unpaired) electrons. The second-order valence-corrected chi connectivity index (χ2v) is 6.62. The van der Waals surface area contributed by atoms with E-state index in [4.69, 9.17) is 14.6 Å². The fourth-order valence-electron chi connectivity index (χ4n) is 3.57. The van der Waals surface area contributed by atoms with Crippen LogP contribution in [0.15, 0.2) is 24.3 Å². The minimum Gasteiger partial charge on any atom is -0.496 e. The molecule has 26 heavy (non-hydrogen) atoms. The van der Waals surface area contributed by atoms with Gasteiger partial charge >= 0.3 is 0 Å². The van der Waals surface area contributed by atoms with E-state index in [2.05, 4.69) is 17.1 Å². The average Bonchev–Trinajstić information content (AvgIpc) is 3.00. The largest absolute Gasteiger partial charge is 0.496 e. The van der Waals surface area contributed by atoms with Gasteiger partial charge in [0, 0.05) is 19.1 Å². The van der Waals surface area contributed by atoms with Crippen LogP contribution in [0.5, 0.6) is 5.75 Å². The van der Waals surface area contributed by atoms with E-state index in [9.17, 15) is 4.79 Å². The summed E-state index contributed by atoms with van der Waals surface area (Å²) in [6.45, 7) is 2.39. The van der Waals surface area contributed by atoms with Crippen molar-refractivity contribution in [2.75, 3.05) is 14.2 Å². The average molecular weight is 352 g/mol. The maximum Gasteiger partial charge on any atom is 0.186 e. The van der Waals surface area contributed by atoms with Gasteiger partial charge in [-0.15, -0.1) is 10.2 Å². The van der Waals surface area contributed by atoms with E-state index in [0.29, 0.717) is 24.4 Å². The lowest BCUT2D eigenvalue weighted by molar-refractivity contribution is 0.0944. The number of carbonyl (C=O) groups is 1. The second kappa shape index (κ2) is 6.49. The fourth-order valence-corrected chi connectivity index (χ4v) is 3.57. The Labute approximate surface area is 151 Å². The number of ketones is 1. The molecular formula is C19H20N4O3. The molecule has 0 N–H and O–H groups in total. The van der Waals surface area contributed by atoms with Gasteiger partial charge in [-0.2, -0.15) is 5.10 Å². The van der Waals surface area contributed by atoms with E-state index < -0.39 is 0 Å². The molecule has 1 aromatic carbocycles. The number of benzene rings is 1. The predicted octanol–water partition coefficient (Wildman–Crippen LogP) is 2.71. The Kier molecular flexibility index (Phi) is 4.16. The van der Waals surface area contributed by atoms with Crippen LogP contribution in [0.4, 0.5) is 0 Å². The van der Waals surface area contributed by atoms with Gasteiger partial charge in [0.15, 0.2) is 17.1 Å². The SMILES string of the molecule is COCc1nn2c3c(nnc2c1-c1ccccc1OC)C(=O)C[C@H](C)C3. The van der Waals surface area contributed by atoms with Crippen LogP contribution in [0.25, 0.3) is 16.8 Å². The van der Waals surface area contributed by atoms with E-state index in [1.165, 1.54) is 0 Å². The Balaban J connectivity index is 2.02. The summed E-state index contributed by atoms with van der Waals surface area (Å²) in [6, 6.07) is 7.71. The lowest BCUT2D eigenvalue weighted by Gasteiger charge is -2.19. The molecule has 7 heteroatoms. The standard InChI is InChI=1S/C19H20N4O3/c1-11-8-14-18(15(24)9-11)20-21-19-17(13(10-25-2)22-23(14)19)12-6-4-5-7-16(12)26-3/h4-7,11H,8-10H2,1-3H3/t11-/m1/s1. The number of rotatable bonds is 4. The topological polar surface area (TPSA) is 78.6 Å². The first-order valence-corrected chi connectivity index (χ1v) is 8.56. The number of hydrogen-bond acceptors (Lipinski definition) is 6. The van der Waals surface area contributed by atoms with Gasteiger partial charge in [-0.1, -0.05) is 25.1 Å². The Morgan fingerprint density at radius 3 is 2.77 bits per heavy atom. The van der Waals surface area contributed by atoms with Gasteiger partial charge in [-0.3, -0.25) is 4.79 Å². The van der Waals surface area contributed by atoms with Crippen LogP contribution in [0.3, 0.4) is 0 Å². The summed E-state index contributed by atoms with van der Waals surface area (Å²) >= 11 is 0. The van der Waals surface area contributed by atoms with Crippen molar-refractivity contribution in [1.29, 1.82) is 0 Å². The molecule has 2 heterocycles. The molecule has 1 aliphatic rings. The smallest absolute Gasteiger partial charge is 0.186 e. The van der Waals surface area contributed by atoms with Crippen LogP contribution in [0.1, 0.15) is 35.2 Å². The third-order valence-electron chi connectivity index (χ3n) is 4.70. The second-order valence-electron chi connectivity index (χ2n) is 6.62. The van der Waals surface area contributed by atoms with Gasteiger partial charge in [0.1, 0.15) is 5.75 Å². The number of fused-ring (bicyclic) bond motifs is 3. The van der Waals surface area contributed by atoms with Crippen molar-refractivity contribution >= 4 is 11.4 Å². The first-order valence-electron chi connectivity index (χ1n) is 8.56. The van der Waals surface area contributed by atoms with Gasteiger partial charge in [-0.05, 0) is 18.4 Å². The summed E-state index contributed by atoms with van der Waals surface area (Å²) in [5, 5.41) is 13.3. The molecular weight excluding hydrogens is 332 g/mol. The predicted molar refractivity (Wildman–Crippen MR) is 95.3 cm³/mol. The number of hydrogen-bond donors (Lipinski definition) is 0. The highest BCUT2D eigenvalue weighted by Gasteiger charge is 2.29. The van der Waals surface area contributed by atoms with E-state index in [1.807, 2.05) is 24.3 Å². The van der Waals surface area contributed by atoms with Gasteiger partial charge in [-0.25, -0.2) is 4.52 Å². The molecule has 1 aliphatic carbocycles. The molecule has 7 nitrogen and oxygen atoms in total.